The lowest BCUT2D eigenvalue weighted by molar-refractivity contribution is 0.289. The molecule has 1 aromatic rings. The summed E-state index contributed by atoms with van der Waals surface area (Å²) in [6, 6.07) is 0. The van der Waals surface area contributed by atoms with Gasteiger partial charge in [-0.25, -0.2) is 10.8 Å². The van der Waals surface area contributed by atoms with Crippen LogP contribution >= 0.6 is 0 Å². The van der Waals surface area contributed by atoms with Crippen LogP contribution in [0.15, 0.2) is 6.33 Å². The molecule has 6 heteroatoms. The lowest BCUT2D eigenvalue weighted by atomic mass is 10.4. The Morgan fingerprint density at radius 2 is 2.40 bits per heavy atom. The molecule has 3 N–H and O–H groups in total. The minimum atomic E-state index is 0.315. The molecule has 0 atom stereocenters. The van der Waals surface area contributed by atoms with Crippen LogP contribution in [0.5, 0.6) is 11.6 Å². The van der Waals surface area contributed by atoms with Crippen molar-refractivity contribution in [1.29, 1.82) is 0 Å². The van der Waals surface area contributed by atoms with Gasteiger partial charge in [0.15, 0.2) is 5.82 Å². The molecule has 0 fully saturated rings. The van der Waals surface area contributed by atoms with Crippen LogP contribution in [0.4, 0.5) is 5.82 Å². The number of hydrazine groups is 1. The number of nitrogens with two attached hydrogens (primary N) is 1. The molecule has 15 heavy (non-hydrogen) atoms. The van der Waals surface area contributed by atoms with Gasteiger partial charge in [-0.1, -0.05) is 0 Å². The highest BCUT2D eigenvalue weighted by Gasteiger charge is 2.11. The van der Waals surface area contributed by atoms with Crippen molar-refractivity contribution < 1.29 is 9.47 Å². The summed E-state index contributed by atoms with van der Waals surface area (Å²) in [4.78, 5) is 7.77. The highest BCUT2D eigenvalue weighted by Crippen LogP contribution is 2.29. The number of hydrogen-bond acceptors (Lipinski definition) is 6. The van der Waals surface area contributed by atoms with Crippen molar-refractivity contribution in [1.82, 2.24) is 9.97 Å². The van der Waals surface area contributed by atoms with E-state index in [2.05, 4.69) is 21.3 Å². The van der Waals surface area contributed by atoms with Gasteiger partial charge in [-0.2, -0.15) is 4.98 Å². The molecule has 0 aliphatic rings. The summed E-state index contributed by atoms with van der Waals surface area (Å²) in [6.07, 6.45) is 6.91. The summed E-state index contributed by atoms with van der Waals surface area (Å²) in [5.41, 5.74) is 2.38. The molecule has 0 aliphatic heterocycles. The van der Waals surface area contributed by atoms with Gasteiger partial charge in [0.1, 0.15) is 12.9 Å². The normalized spacial score (nSPS) is 9.13. The first-order chi connectivity index (χ1) is 7.33. The van der Waals surface area contributed by atoms with Gasteiger partial charge in [0.25, 0.3) is 5.88 Å². The molecule has 1 aromatic heterocycles. The number of nitrogens with one attached hydrogen (secondary N) is 1. The Hall–Kier alpha value is -2.00. The third-order valence-corrected chi connectivity index (χ3v) is 1.60. The summed E-state index contributed by atoms with van der Waals surface area (Å²) < 4.78 is 10.4. The van der Waals surface area contributed by atoms with Crippen LogP contribution in [-0.2, 0) is 0 Å². The van der Waals surface area contributed by atoms with E-state index in [0.717, 1.165) is 0 Å². The van der Waals surface area contributed by atoms with Gasteiger partial charge in [-0.15, -0.1) is 12.3 Å². The standard InChI is InChI=1S/C9H12N4O2/c1-3-4-5-15-9-7(14-2)8(13-10)11-6-12-9/h1,6H,4-5,10H2,2H3,(H,11,12,13). The molecular weight excluding hydrogens is 196 g/mol. The lowest BCUT2D eigenvalue weighted by Crippen LogP contribution is -2.11. The van der Waals surface area contributed by atoms with Crippen molar-refractivity contribution >= 4 is 5.82 Å². The Labute approximate surface area is 87.8 Å². The van der Waals surface area contributed by atoms with Gasteiger partial charge >= 0.3 is 0 Å². The molecule has 0 saturated heterocycles. The number of hydrogen-bond donors (Lipinski definition) is 2. The molecule has 0 aromatic carbocycles. The number of anilines is 1. The lowest BCUT2D eigenvalue weighted by Gasteiger charge is -2.10. The number of methoxy groups -OCH3 is 1. The fraction of sp³-hybridized carbons (Fsp3) is 0.333. The maximum atomic E-state index is 5.30. The fourth-order valence-corrected chi connectivity index (χ4v) is 0.954. The number of terminal acetylenes is 1. The second-order valence-corrected chi connectivity index (χ2v) is 2.51. The first-order valence-corrected chi connectivity index (χ1v) is 4.25. The number of nitrogens with zero attached hydrogens (tertiary/aromatic N) is 2. The molecule has 6 nitrogen and oxygen atoms in total. The van der Waals surface area contributed by atoms with Crippen molar-refractivity contribution in [3.63, 3.8) is 0 Å². The molecule has 0 aliphatic carbocycles. The van der Waals surface area contributed by atoms with E-state index in [0.29, 0.717) is 30.5 Å². The van der Waals surface area contributed by atoms with Crippen LogP contribution in [0.2, 0.25) is 0 Å². The summed E-state index contributed by atoms with van der Waals surface area (Å²) in [6.45, 7) is 0.369. The number of aromatic nitrogens is 2. The minimum Gasteiger partial charge on any atom is -0.489 e. The number of nitrogen functional groups attached to an aromatic ring is 1. The molecule has 0 amide bonds. The van der Waals surface area contributed by atoms with Gasteiger partial charge in [-0.05, 0) is 0 Å². The second kappa shape index (κ2) is 5.67. The molecule has 0 saturated carbocycles. The maximum Gasteiger partial charge on any atom is 0.262 e. The maximum absolute atomic E-state index is 5.30. The third-order valence-electron chi connectivity index (χ3n) is 1.60. The second-order valence-electron chi connectivity index (χ2n) is 2.51. The summed E-state index contributed by atoms with van der Waals surface area (Å²) in [5, 5.41) is 0. The smallest absolute Gasteiger partial charge is 0.262 e. The minimum absolute atomic E-state index is 0.315. The Bertz CT molecular complexity index is 362. The van der Waals surface area contributed by atoms with Crippen LogP contribution in [0.1, 0.15) is 6.42 Å². The Morgan fingerprint density at radius 3 is 3.00 bits per heavy atom. The average molecular weight is 208 g/mol. The number of rotatable bonds is 5. The highest BCUT2D eigenvalue weighted by atomic mass is 16.5. The Morgan fingerprint density at radius 1 is 1.60 bits per heavy atom. The van der Waals surface area contributed by atoms with E-state index in [1.165, 1.54) is 13.4 Å². The fourth-order valence-electron chi connectivity index (χ4n) is 0.954. The SMILES string of the molecule is C#CCCOc1ncnc(NN)c1OC. The quantitative estimate of drug-likeness (QED) is 0.311. The summed E-state index contributed by atoms with van der Waals surface area (Å²) in [5.74, 6) is 8.73. The van der Waals surface area contributed by atoms with Crippen molar-refractivity contribution in [3.8, 4) is 24.0 Å². The Kier molecular flexibility index (Phi) is 4.19. The van der Waals surface area contributed by atoms with E-state index in [-0.39, 0.29) is 0 Å². The van der Waals surface area contributed by atoms with E-state index >= 15 is 0 Å². The van der Waals surface area contributed by atoms with Crippen LogP contribution in [-0.4, -0.2) is 23.7 Å². The van der Waals surface area contributed by atoms with Crippen molar-refractivity contribution in [3.05, 3.63) is 6.33 Å². The van der Waals surface area contributed by atoms with E-state index in [1.54, 1.807) is 0 Å². The molecule has 80 valence electrons. The average Bonchev–Trinajstić information content (AvgIpc) is 2.29. The van der Waals surface area contributed by atoms with Gasteiger partial charge in [0, 0.05) is 6.42 Å². The van der Waals surface area contributed by atoms with Crippen LogP contribution in [0.25, 0.3) is 0 Å². The summed E-state index contributed by atoms with van der Waals surface area (Å²) in [7, 11) is 1.48. The monoisotopic (exact) mass is 208 g/mol. The van der Waals surface area contributed by atoms with Gasteiger partial charge in [0.2, 0.25) is 5.75 Å². The zero-order valence-corrected chi connectivity index (χ0v) is 8.36. The van der Waals surface area contributed by atoms with E-state index in [9.17, 15) is 0 Å². The van der Waals surface area contributed by atoms with E-state index in [4.69, 9.17) is 21.7 Å². The topological polar surface area (TPSA) is 82.3 Å². The van der Waals surface area contributed by atoms with Crippen LogP contribution in [0, 0.1) is 12.3 Å². The molecule has 0 spiro atoms. The van der Waals surface area contributed by atoms with E-state index < -0.39 is 0 Å². The first-order valence-electron chi connectivity index (χ1n) is 4.25. The largest absolute Gasteiger partial charge is 0.489 e. The molecule has 0 unspecified atom stereocenters. The van der Waals surface area contributed by atoms with Crippen molar-refractivity contribution in [2.75, 3.05) is 19.1 Å². The van der Waals surface area contributed by atoms with Crippen LogP contribution < -0.4 is 20.7 Å². The van der Waals surface area contributed by atoms with E-state index in [1.807, 2.05) is 0 Å². The highest BCUT2D eigenvalue weighted by molar-refractivity contribution is 5.54. The summed E-state index contributed by atoms with van der Waals surface area (Å²) >= 11 is 0. The predicted molar refractivity (Wildman–Crippen MR) is 55.3 cm³/mol. The molecular formula is C9H12N4O2. The van der Waals surface area contributed by atoms with Crippen LogP contribution in [0.3, 0.4) is 0 Å². The van der Waals surface area contributed by atoms with Gasteiger partial charge in [-0.3, -0.25) is 0 Å². The predicted octanol–water partition coefficient (Wildman–Crippen LogP) is 0.173. The third kappa shape index (κ3) is 2.72. The molecule has 0 radical (unpaired) electrons. The molecule has 1 rings (SSSR count). The molecule has 1 heterocycles. The zero-order valence-electron chi connectivity index (χ0n) is 8.36. The number of ether oxygens (including phenoxy) is 2. The van der Waals surface area contributed by atoms with Crippen molar-refractivity contribution in [2.24, 2.45) is 5.84 Å². The van der Waals surface area contributed by atoms with Gasteiger partial charge < -0.3 is 14.9 Å². The van der Waals surface area contributed by atoms with Gasteiger partial charge in [0.05, 0.1) is 7.11 Å². The van der Waals surface area contributed by atoms with Crippen molar-refractivity contribution in [2.45, 2.75) is 6.42 Å². The Balaban J connectivity index is 2.82. The zero-order chi connectivity index (χ0) is 11.1. The molecule has 0 bridgehead atoms. The first kappa shape index (κ1) is 11.1.